The molecule has 1 aromatic carbocycles. The molecule has 1 N–H and O–H groups in total. The maximum atomic E-state index is 3.13. The third kappa shape index (κ3) is 2.38. The second-order valence-electron chi connectivity index (χ2n) is 3.50. The highest BCUT2D eigenvalue weighted by molar-refractivity contribution is 5.57. The normalized spacial score (nSPS) is 10.2. The standard InChI is InChI=1S/C11H18N2/c1-9(2)13(4)11-7-5-6-10(8-11)12-3/h5-9,12H,1-4H3. The summed E-state index contributed by atoms with van der Waals surface area (Å²) in [6.07, 6.45) is 0. The summed E-state index contributed by atoms with van der Waals surface area (Å²) in [6.45, 7) is 4.37. The number of nitrogens with zero attached hydrogens (tertiary/aromatic N) is 1. The number of anilines is 2. The van der Waals surface area contributed by atoms with Crippen molar-refractivity contribution in [1.29, 1.82) is 0 Å². The fraction of sp³-hybridized carbons (Fsp3) is 0.455. The van der Waals surface area contributed by atoms with Gasteiger partial charge in [0.25, 0.3) is 0 Å². The number of nitrogens with one attached hydrogen (secondary N) is 1. The highest BCUT2D eigenvalue weighted by atomic mass is 15.1. The topological polar surface area (TPSA) is 15.3 Å². The molecule has 0 amide bonds. The lowest BCUT2D eigenvalue weighted by Crippen LogP contribution is -2.25. The summed E-state index contributed by atoms with van der Waals surface area (Å²) in [5.41, 5.74) is 2.41. The lowest BCUT2D eigenvalue weighted by molar-refractivity contribution is 0.755. The van der Waals surface area contributed by atoms with Crippen molar-refractivity contribution in [3.8, 4) is 0 Å². The summed E-state index contributed by atoms with van der Waals surface area (Å²) in [7, 11) is 4.05. The van der Waals surface area contributed by atoms with Gasteiger partial charge in [-0.3, -0.25) is 0 Å². The first-order valence-electron chi connectivity index (χ1n) is 4.66. The minimum absolute atomic E-state index is 0.534. The van der Waals surface area contributed by atoms with E-state index in [1.165, 1.54) is 5.69 Å². The van der Waals surface area contributed by atoms with E-state index in [1.807, 2.05) is 7.05 Å². The summed E-state index contributed by atoms with van der Waals surface area (Å²) in [5.74, 6) is 0. The Morgan fingerprint density at radius 1 is 1.31 bits per heavy atom. The van der Waals surface area contributed by atoms with Crippen LogP contribution in [0.25, 0.3) is 0 Å². The molecule has 0 unspecified atom stereocenters. The zero-order valence-corrected chi connectivity index (χ0v) is 8.83. The molecule has 0 aliphatic heterocycles. The number of benzene rings is 1. The number of rotatable bonds is 3. The van der Waals surface area contributed by atoms with Crippen molar-refractivity contribution in [2.75, 3.05) is 24.3 Å². The molecule has 0 aromatic heterocycles. The molecule has 72 valence electrons. The van der Waals surface area contributed by atoms with Crippen LogP contribution < -0.4 is 10.2 Å². The van der Waals surface area contributed by atoms with E-state index in [9.17, 15) is 0 Å². The highest BCUT2D eigenvalue weighted by Gasteiger charge is 2.04. The second kappa shape index (κ2) is 4.17. The summed E-state index contributed by atoms with van der Waals surface area (Å²) in [5, 5.41) is 3.13. The van der Waals surface area contributed by atoms with Crippen LogP contribution in [0.2, 0.25) is 0 Å². The zero-order valence-electron chi connectivity index (χ0n) is 8.83. The summed E-state index contributed by atoms with van der Waals surface area (Å²) < 4.78 is 0. The Bertz CT molecular complexity index is 269. The van der Waals surface area contributed by atoms with E-state index >= 15 is 0 Å². The molecule has 2 nitrogen and oxygen atoms in total. The van der Waals surface area contributed by atoms with Crippen molar-refractivity contribution >= 4 is 11.4 Å². The molecule has 0 atom stereocenters. The van der Waals surface area contributed by atoms with E-state index in [2.05, 4.69) is 55.4 Å². The van der Waals surface area contributed by atoms with Gasteiger partial charge in [0.1, 0.15) is 0 Å². The fourth-order valence-corrected chi connectivity index (χ4v) is 1.18. The van der Waals surface area contributed by atoms with E-state index in [4.69, 9.17) is 0 Å². The average Bonchev–Trinajstić information content (AvgIpc) is 2.16. The predicted molar refractivity (Wildman–Crippen MR) is 59.5 cm³/mol. The Labute approximate surface area is 80.6 Å². The van der Waals surface area contributed by atoms with Crippen molar-refractivity contribution in [1.82, 2.24) is 0 Å². The molecule has 1 aromatic rings. The van der Waals surface area contributed by atoms with Crippen LogP contribution in [0.5, 0.6) is 0 Å². The van der Waals surface area contributed by atoms with Crippen molar-refractivity contribution in [2.24, 2.45) is 0 Å². The maximum Gasteiger partial charge on any atom is 0.0386 e. The average molecular weight is 178 g/mol. The predicted octanol–water partition coefficient (Wildman–Crippen LogP) is 2.57. The monoisotopic (exact) mass is 178 g/mol. The van der Waals surface area contributed by atoms with Crippen LogP contribution in [0, 0.1) is 0 Å². The van der Waals surface area contributed by atoms with Gasteiger partial charge in [0.2, 0.25) is 0 Å². The molecule has 2 heteroatoms. The number of hydrogen-bond donors (Lipinski definition) is 1. The van der Waals surface area contributed by atoms with Crippen molar-refractivity contribution in [3.63, 3.8) is 0 Å². The van der Waals surface area contributed by atoms with E-state index in [1.54, 1.807) is 0 Å². The molecule has 0 spiro atoms. The minimum atomic E-state index is 0.534. The van der Waals surface area contributed by atoms with Gasteiger partial charge in [-0.1, -0.05) is 6.07 Å². The molecule has 0 saturated carbocycles. The third-order valence-electron chi connectivity index (χ3n) is 2.32. The Morgan fingerprint density at radius 2 is 2.00 bits per heavy atom. The first-order valence-corrected chi connectivity index (χ1v) is 4.66. The first kappa shape index (κ1) is 9.90. The SMILES string of the molecule is CNc1cccc(N(C)C(C)C)c1. The summed E-state index contributed by atoms with van der Waals surface area (Å²) >= 11 is 0. The molecule has 1 rings (SSSR count). The van der Waals surface area contributed by atoms with Crippen molar-refractivity contribution in [2.45, 2.75) is 19.9 Å². The smallest absolute Gasteiger partial charge is 0.0386 e. The Kier molecular flexibility index (Phi) is 3.18. The van der Waals surface area contributed by atoms with Crippen LogP contribution in [-0.4, -0.2) is 20.1 Å². The largest absolute Gasteiger partial charge is 0.388 e. The summed E-state index contributed by atoms with van der Waals surface area (Å²) in [6, 6.07) is 8.95. The van der Waals surface area contributed by atoms with Crippen LogP contribution in [0.3, 0.4) is 0 Å². The Hall–Kier alpha value is -1.18. The third-order valence-corrected chi connectivity index (χ3v) is 2.32. The van der Waals surface area contributed by atoms with Gasteiger partial charge in [0.15, 0.2) is 0 Å². The molecule has 0 bridgehead atoms. The minimum Gasteiger partial charge on any atom is -0.388 e. The second-order valence-corrected chi connectivity index (χ2v) is 3.50. The van der Waals surface area contributed by atoms with Crippen molar-refractivity contribution < 1.29 is 0 Å². The summed E-state index contributed by atoms with van der Waals surface area (Å²) in [4.78, 5) is 2.25. The fourth-order valence-electron chi connectivity index (χ4n) is 1.18. The Balaban J connectivity index is 2.88. The van der Waals surface area contributed by atoms with E-state index in [0.717, 1.165) is 5.69 Å². The molecule has 0 radical (unpaired) electrons. The number of hydrogen-bond acceptors (Lipinski definition) is 2. The molecule has 0 heterocycles. The lowest BCUT2D eigenvalue weighted by atomic mass is 10.2. The zero-order chi connectivity index (χ0) is 9.84. The first-order chi connectivity index (χ1) is 6.15. The molecule has 0 saturated heterocycles. The molecule has 0 fully saturated rings. The Morgan fingerprint density at radius 3 is 2.54 bits per heavy atom. The van der Waals surface area contributed by atoms with Gasteiger partial charge in [-0.2, -0.15) is 0 Å². The molecule has 0 aliphatic carbocycles. The van der Waals surface area contributed by atoms with Crippen LogP contribution >= 0.6 is 0 Å². The molecule has 0 aliphatic rings. The van der Waals surface area contributed by atoms with Crippen LogP contribution in [0.15, 0.2) is 24.3 Å². The lowest BCUT2D eigenvalue weighted by Gasteiger charge is -2.24. The van der Waals surface area contributed by atoms with Crippen molar-refractivity contribution in [3.05, 3.63) is 24.3 Å². The molecular weight excluding hydrogens is 160 g/mol. The van der Waals surface area contributed by atoms with Gasteiger partial charge in [0.05, 0.1) is 0 Å². The van der Waals surface area contributed by atoms with Gasteiger partial charge in [-0.15, -0.1) is 0 Å². The van der Waals surface area contributed by atoms with Gasteiger partial charge in [0, 0.05) is 31.5 Å². The quantitative estimate of drug-likeness (QED) is 0.765. The van der Waals surface area contributed by atoms with E-state index < -0.39 is 0 Å². The van der Waals surface area contributed by atoms with Crippen LogP contribution in [0.1, 0.15) is 13.8 Å². The van der Waals surface area contributed by atoms with Gasteiger partial charge >= 0.3 is 0 Å². The highest BCUT2D eigenvalue weighted by Crippen LogP contribution is 2.19. The van der Waals surface area contributed by atoms with E-state index in [-0.39, 0.29) is 0 Å². The van der Waals surface area contributed by atoms with Gasteiger partial charge in [-0.05, 0) is 32.0 Å². The van der Waals surface area contributed by atoms with Crippen LogP contribution in [0.4, 0.5) is 11.4 Å². The van der Waals surface area contributed by atoms with Crippen LogP contribution in [-0.2, 0) is 0 Å². The maximum absolute atomic E-state index is 3.13. The molecular formula is C11H18N2. The van der Waals surface area contributed by atoms with E-state index in [0.29, 0.717) is 6.04 Å². The molecule has 13 heavy (non-hydrogen) atoms. The van der Waals surface area contributed by atoms with Gasteiger partial charge < -0.3 is 10.2 Å². The van der Waals surface area contributed by atoms with Gasteiger partial charge in [-0.25, -0.2) is 0 Å².